The van der Waals surface area contributed by atoms with E-state index in [4.69, 9.17) is 0 Å². The molecule has 2 nitrogen and oxygen atoms in total. The summed E-state index contributed by atoms with van der Waals surface area (Å²) < 4.78 is 25.7. The Morgan fingerprint density at radius 3 is 2.81 bits per heavy atom. The number of nitrogens with one attached hydrogen (secondary N) is 1. The van der Waals surface area contributed by atoms with Crippen LogP contribution in [0.3, 0.4) is 0 Å². The van der Waals surface area contributed by atoms with Crippen molar-refractivity contribution in [2.45, 2.75) is 19.0 Å². The molecule has 0 radical (unpaired) electrons. The molecule has 1 aromatic rings. The fraction of sp³-hybridized carbons (Fsp3) is 0.500. The third kappa shape index (κ3) is 2.57. The summed E-state index contributed by atoms with van der Waals surface area (Å²) in [6, 6.07) is 4.59. The SMILES string of the molecule is CN(Cc1ccc(F)c(F)c1)C1CCNC1. The van der Waals surface area contributed by atoms with Crippen LogP contribution >= 0.6 is 0 Å². The predicted octanol–water partition coefficient (Wildman–Crippen LogP) is 1.76. The van der Waals surface area contributed by atoms with Crippen LogP contribution in [0.2, 0.25) is 0 Å². The molecule has 1 aromatic carbocycles. The van der Waals surface area contributed by atoms with E-state index in [0.29, 0.717) is 12.6 Å². The summed E-state index contributed by atoms with van der Waals surface area (Å²) >= 11 is 0. The fourth-order valence-electron chi connectivity index (χ4n) is 2.07. The lowest BCUT2D eigenvalue weighted by Gasteiger charge is -2.23. The molecule has 4 heteroatoms. The summed E-state index contributed by atoms with van der Waals surface area (Å²) in [5.41, 5.74) is 0.813. The number of halogens is 2. The first-order valence-electron chi connectivity index (χ1n) is 5.51. The van der Waals surface area contributed by atoms with E-state index in [2.05, 4.69) is 10.2 Å². The fourth-order valence-corrected chi connectivity index (χ4v) is 2.07. The number of hydrogen-bond donors (Lipinski definition) is 1. The van der Waals surface area contributed by atoms with Gasteiger partial charge < -0.3 is 5.32 Å². The maximum absolute atomic E-state index is 13.0. The molecule has 0 saturated carbocycles. The number of hydrogen-bond acceptors (Lipinski definition) is 2. The number of likely N-dealkylation sites (N-methyl/N-ethyl adjacent to an activating group) is 1. The summed E-state index contributed by atoms with van der Waals surface area (Å²) in [6.45, 7) is 2.66. The average Bonchev–Trinajstić information content (AvgIpc) is 2.77. The van der Waals surface area contributed by atoms with Gasteiger partial charge in [0.1, 0.15) is 0 Å². The van der Waals surface area contributed by atoms with Crippen LogP contribution in [0.5, 0.6) is 0 Å². The van der Waals surface area contributed by atoms with Gasteiger partial charge in [0.05, 0.1) is 0 Å². The molecule has 1 N–H and O–H groups in total. The van der Waals surface area contributed by atoms with Crippen LogP contribution in [0.1, 0.15) is 12.0 Å². The topological polar surface area (TPSA) is 15.3 Å². The molecule has 2 rings (SSSR count). The van der Waals surface area contributed by atoms with Crippen molar-refractivity contribution in [1.82, 2.24) is 10.2 Å². The molecular weight excluding hydrogens is 210 g/mol. The summed E-state index contributed by atoms with van der Waals surface area (Å²) in [5.74, 6) is -1.55. The van der Waals surface area contributed by atoms with Gasteiger partial charge in [-0.2, -0.15) is 0 Å². The third-order valence-electron chi connectivity index (χ3n) is 3.07. The predicted molar refractivity (Wildman–Crippen MR) is 59.1 cm³/mol. The molecular formula is C12H16F2N2. The Labute approximate surface area is 94.3 Å². The minimum atomic E-state index is -0.783. The zero-order chi connectivity index (χ0) is 11.5. The molecule has 0 aromatic heterocycles. The number of nitrogens with zero attached hydrogens (tertiary/aromatic N) is 1. The first-order valence-corrected chi connectivity index (χ1v) is 5.51. The van der Waals surface area contributed by atoms with Gasteiger partial charge in [-0.05, 0) is 37.7 Å². The molecule has 1 aliphatic rings. The van der Waals surface area contributed by atoms with E-state index in [0.717, 1.165) is 25.1 Å². The van der Waals surface area contributed by atoms with Gasteiger partial charge in [-0.15, -0.1) is 0 Å². The molecule has 1 atom stereocenters. The van der Waals surface area contributed by atoms with Crippen molar-refractivity contribution in [2.75, 3.05) is 20.1 Å². The summed E-state index contributed by atoms with van der Waals surface area (Å²) in [4.78, 5) is 2.17. The van der Waals surface area contributed by atoms with Crippen molar-refractivity contribution >= 4 is 0 Å². The van der Waals surface area contributed by atoms with Crippen LogP contribution in [-0.2, 0) is 6.54 Å². The molecule has 1 saturated heterocycles. The Morgan fingerprint density at radius 2 is 2.19 bits per heavy atom. The number of rotatable bonds is 3. The van der Waals surface area contributed by atoms with Crippen molar-refractivity contribution in [3.05, 3.63) is 35.4 Å². The molecule has 1 heterocycles. The molecule has 0 spiro atoms. The van der Waals surface area contributed by atoms with Gasteiger partial charge in [0.2, 0.25) is 0 Å². The van der Waals surface area contributed by atoms with Gasteiger partial charge in [0.15, 0.2) is 11.6 Å². The van der Waals surface area contributed by atoms with E-state index in [9.17, 15) is 8.78 Å². The molecule has 0 bridgehead atoms. The highest BCUT2D eigenvalue weighted by molar-refractivity contribution is 5.17. The van der Waals surface area contributed by atoms with Gasteiger partial charge in [-0.3, -0.25) is 4.90 Å². The highest BCUT2D eigenvalue weighted by Gasteiger charge is 2.19. The first-order chi connectivity index (χ1) is 7.66. The Hall–Kier alpha value is -1.00. The zero-order valence-corrected chi connectivity index (χ0v) is 9.34. The van der Waals surface area contributed by atoms with Crippen molar-refractivity contribution in [2.24, 2.45) is 0 Å². The maximum Gasteiger partial charge on any atom is 0.159 e. The monoisotopic (exact) mass is 226 g/mol. The molecule has 16 heavy (non-hydrogen) atoms. The van der Waals surface area contributed by atoms with E-state index in [1.807, 2.05) is 7.05 Å². The molecule has 0 amide bonds. The van der Waals surface area contributed by atoms with Gasteiger partial charge >= 0.3 is 0 Å². The van der Waals surface area contributed by atoms with Crippen LogP contribution in [0.15, 0.2) is 18.2 Å². The molecule has 1 unspecified atom stereocenters. The highest BCUT2D eigenvalue weighted by atomic mass is 19.2. The quantitative estimate of drug-likeness (QED) is 0.844. The van der Waals surface area contributed by atoms with E-state index in [1.165, 1.54) is 12.1 Å². The Kier molecular flexibility index (Phi) is 3.51. The largest absolute Gasteiger partial charge is 0.315 e. The molecule has 0 aliphatic carbocycles. The summed E-state index contributed by atoms with van der Waals surface area (Å²) in [7, 11) is 2.01. The Balaban J connectivity index is 1.99. The van der Waals surface area contributed by atoms with Crippen molar-refractivity contribution in [3.8, 4) is 0 Å². The van der Waals surface area contributed by atoms with Crippen LogP contribution in [-0.4, -0.2) is 31.1 Å². The number of benzene rings is 1. The second-order valence-corrected chi connectivity index (χ2v) is 4.31. The standard InChI is InChI=1S/C12H16F2N2/c1-16(10-4-5-15-7-10)8-9-2-3-11(13)12(14)6-9/h2-3,6,10,15H,4-5,7-8H2,1H3. The lowest BCUT2D eigenvalue weighted by Crippen LogP contribution is -2.32. The third-order valence-corrected chi connectivity index (χ3v) is 3.07. The molecule has 1 aliphatic heterocycles. The van der Waals surface area contributed by atoms with Crippen molar-refractivity contribution in [3.63, 3.8) is 0 Å². The first kappa shape index (κ1) is 11.5. The minimum Gasteiger partial charge on any atom is -0.315 e. The van der Waals surface area contributed by atoms with Crippen LogP contribution < -0.4 is 5.32 Å². The molecule has 1 fully saturated rings. The Bertz CT molecular complexity index is 362. The minimum absolute atomic E-state index is 0.494. The average molecular weight is 226 g/mol. The van der Waals surface area contributed by atoms with Crippen molar-refractivity contribution < 1.29 is 8.78 Å². The van der Waals surface area contributed by atoms with Crippen molar-refractivity contribution in [1.29, 1.82) is 0 Å². The highest BCUT2D eigenvalue weighted by Crippen LogP contribution is 2.13. The van der Waals surface area contributed by atoms with E-state index in [-0.39, 0.29) is 0 Å². The van der Waals surface area contributed by atoms with E-state index in [1.54, 1.807) is 6.07 Å². The van der Waals surface area contributed by atoms with Gasteiger partial charge in [0, 0.05) is 19.1 Å². The van der Waals surface area contributed by atoms with Crippen LogP contribution in [0.25, 0.3) is 0 Å². The lowest BCUT2D eigenvalue weighted by atomic mass is 10.1. The van der Waals surface area contributed by atoms with Crippen LogP contribution in [0, 0.1) is 11.6 Å². The van der Waals surface area contributed by atoms with E-state index >= 15 is 0 Å². The van der Waals surface area contributed by atoms with E-state index < -0.39 is 11.6 Å². The van der Waals surface area contributed by atoms with Gasteiger partial charge in [0.25, 0.3) is 0 Å². The molecule has 88 valence electrons. The Morgan fingerprint density at radius 1 is 1.38 bits per heavy atom. The smallest absolute Gasteiger partial charge is 0.159 e. The van der Waals surface area contributed by atoms with Gasteiger partial charge in [-0.25, -0.2) is 8.78 Å². The summed E-state index contributed by atoms with van der Waals surface area (Å²) in [6.07, 6.45) is 1.11. The van der Waals surface area contributed by atoms with Crippen LogP contribution in [0.4, 0.5) is 8.78 Å². The maximum atomic E-state index is 13.0. The zero-order valence-electron chi connectivity index (χ0n) is 9.34. The lowest BCUT2D eigenvalue weighted by molar-refractivity contribution is 0.248. The summed E-state index contributed by atoms with van der Waals surface area (Å²) in [5, 5.41) is 3.28. The second kappa shape index (κ2) is 4.89. The normalized spacial score (nSPS) is 20.6. The second-order valence-electron chi connectivity index (χ2n) is 4.31. The van der Waals surface area contributed by atoms with Gasteiger partial charge in [-0.1, -0.05) is 6.07 Å².